The third-order valence-corrected chi connectivity index (χ3v) is 4.16. The minimum Gasteiger partial charge on any atom is -0.465 e. The predicted molar refractivity (Wildman–Crippen MR) is 69.4 cm³/mol. The van der Waals surface area contributed by atoms with Crippen molar-refractivity contribution in [2.24, 2.45) is 5.92 Å². The number of methoxy groups -OCH3 is 1. The first-order valence-electron chi connectivity index (χ1n) is 7.18. The van der Waals surface area contributed by atoms with E-state index in [1.54, 1.807) is 7.11 Å². The van der Waals surface area contributed by atoms with E-state index in [0.717, 1.165) is 38.1 Å². The Labute approximate surface area is 109 Å². The topological polar surface area (TPSA) is 47.6 Å². The molecule has 2 rings (SSSR count). The summed E-state index contributed by atoms with van der Waals surface area (Å²) < 4.78 is 10.9. The highest BCUT2D eigenvalue weighted by Crippen LogP contribution is 2.34. The van der Waals surface area contributed by atoms with Gasteiger partial charge < -0.3 is 9.47 Å². The number of hydrogen-bond acceptors (Lipinski definition) is 4. The van der Waals surface area contributed by atoms with Crippen LogP contribution in [-0.2, 0) is 14.3 Å². The van der Waals surface area contributed by atoms with Gasteiger partial charge in [-0.05, 0) is 45.1 Å². The third-order valence-electron chi connectivity index (χ3n) is 4.16. The van der Waals surface area contributed by atoms with E-state index in [9.17, 15) is 4.79 Å². The normalized spacial score (nSPS) is 32.2. The largest absolute Gasteiger partial charge is 0.465 e. The second kappa shape index (κ2) is 6.02. The van der Waals surface area contributed by atoms with E-state index in [1.807, 2.05) is 6.92 Å². The lowest BCUT2D eigenvalue weighted by molar-refractivity contribution is -0.161. The average Bonchev–Trinajstić information content (AvgIpc) is 3.21. The quantitative estimate of drug-likeness (QED) is 0.736. The fourth-order valence-corrected chi connectivity index (χ4v) is 2.88. The van der Waals surface area contributed by atoms with Crippen molar-refractivity contribution < 1.29 is 14.3 Å². The summed E-state index contributed by atoms with van der Waals surface area (Å²) in [5.41, 5.74) is -0.606. The number of rotatable bonds is 6. The third kappa shape index (κ3) is 2.86. The predicted octanol–water partition coefficient (Wildman–Crippen LogP) is 1.88. The van der Waals surface area contributed by atoms with Gasteiger partial charge in [-0.1, -0.05) is 12.8 Å². The van der Waals surface area contributed by atoms with Crippen molar-refractivity contribution >= 4 is 5.97 Å². The Morgan fingerprint density at radius 3 is 2.72 bits per heavy atom. The molecule has 2 aliphatic rings. The lowest BCUT2D eigenvalue weighted by Gasteiger charge is -2.41. The molecule has 2 aliphatic carbocycles. The number of ether oxygens (including phenoxy) is 2. The number of carbonyl (C=O) groups excluding carboxylic acids is 1. The Hall–Kier alpha value is -0.610. The van der Waals surface area contributed by atoms with Crippen molar-refractivity contribution in [3.63, 3.8) is 0 Å². The molecule has 2 fully saturated rings. The van der Waals surface area contributed by atoms with Crippen molar-refractivity contribution in [1.82, 2.24) is 5.32 Å². The van der Waals surface area contributed by atoms with Crippen molar-refractivity contribution in [3.05, 3.63) is 0 Å². The van der Waals surface area contributed by atoms with Gasteiger partial charge in [-0.15, -0.1) is 0 Å². The van der Waals surface area contributed by atoms with Gasteiger partial charge in [-0.25, -0.2) is 4.79 Å². The summed E-state index contributed by atoms with van der Waals surface area (Å²) >= 11 is 0. The van der Waals surface area contributed by atoms with Crippen molar-refractivity contribution in [2.75, 3.05) is 20.3 Å². The summed E-state index contributed by atoms with van der Waals surface area (Å²) in [7, 11) is 1.70. The average molecular weight is 255 g/mol. The Bertz CT molecular complexity index is 291. The molecule has 0 amide bonds. The molecule has 2 atom stereocenters. The van der Waals surface area contributed by atoms with Crippen molar-refractivity contribution in [2.45, 2.75) is 57.1 Å². The van der Waals surface area contributed by atoms with Gasteiger partial charge in [0.05, 0.1) is 12.7 Å². The molecule has 0 aromatic rings. The molecule has 0 heterocycles. The molecule has 0 aromatic heterocycles. The van der Waals surface area contributed by atoms with Crippen molar-refractivity contribution in [3.8, 4) is 0 Å². The Balaban J connectivity index is 2.09. The van der Waals surface area contributed by atoms with Crippen LogP contribution >= 0.6 is 0 Å². The Morgan fingerprint density at radius 1 is 1.33 bits per heavy atom. The van der Waals surface area contributed by atoms with Gasteiger partial charge in [0.2, 0.25) is 0 Å². The van der Waals surface area contributed by atoms with E-state index in [1.165, 1.54) is 12.8 Å². The van der Waals surface area contributed by atoms with Gasteiger partial charge in [0.1, 0.15) is 5.54 Å². The Kier molecular flexibility index (Phi) is 4.62. The van der Waals surface area contributed by atoms with Crippen molar-refractivity contribution in [1.29, 1.82) is 0 Å². The molecule has 0 bridgehead atoms. The van der Waals surface area contributed by atoms with Crippen LogP contribution < -0.4 is 5.32 Å². The van der Waals surface area contributed by atoms with Gasteiger partial charge in [-0.2, -0.15) is 0 Å². The summed E-state index contributed by atoms with van der Waals surface area (Å²) in [6.07, 6.45) is 6.47. The van der Waals surface area contributed by atoms with E-state index < -0.39 is 5.54 Å². The summed E-state index contributed by atoms with van der Waals surface area (Å²) in [5.74, 6) is 0.618. The zero-order chi connectivity index (χ0) is 13.0. The van der Waals surface area contributed by atoms with E-state index in [4.69, 9.17) is 9.47 Å². The summed E-state index contributed by atoms with van der Waals surface area (Å²) in [6, 6.07) is 0. The second-order valence-electron chi connectivity index (χ2n) is 5.49. The molecule has 0 saturated heterocycles. The van der Waals surface area contributed by atoms with Crippen LogP contribution in [0, 0.1) is 5.92 Å². The summed E-state index contributed by atoms with van der Waals surface area (Å²) in [5, 5.41) is 3.48. The van der Waals surface area contributed by atoms with Crippen LogP contribution in [0.5, 0.6) is 0 Å². The number of carbonyl (C=O) groups is 1. The van der Waals surface area contributed by atoms with Crippen LogP contribution in [0.3, 0.4) is 0 Å². The van der Waals surface area contributed by atoms with E-state index in [2.05, 4.69) is 5.32 Å². The molecule has 0 radical (unpaired) electrons. The summed E-state index contributed by atoms with van der Waals surface area (Å²) in [4.78, 5) is 12.4. The van der Waals surface area contributed by atoms with Gasteiger partial charge >= 0.3 is 5.97 Å². The molecular formula is C14H25NO3. The maximum absolute atomic E-state index is 12.4. The number of nitrogens with one attached hydrogen (secondary N) is 1. The second-order valence-corrected chi connectivity index (χ2v) is 5.49. The fraction of sp³-hybridized carbons (Fsp3) is 0.929. The number of esters is 1. The first-order valence-corrected chi connectivity index (χ1v) is 7.18. The molecule has 0 spiro atoms. The van der Waals surface area contributed by atoms with Crippen LogP contribution in [0.1, 0.15) is 45.4 Å². The zero-order valence-electron chi connectivity index (χ0n) is 11.5. The molecule has 104 valence electrons. The molecule has 0 aliphatic heterocycles. The minimum atomic E-state index is -0.606. The van der Waals surface area contributed by atoms with Gasteiger partial charge in [0.25, 0.3) is 0 Å². The standard InChI is InChI=1S/C14H25NO3/c1-3-18-13(16)14(15-10-11-7-8-11)9-5-4-6-12(14)17-2/h11-12,15H,3-10H2,1-2H3. The van der Waals surface area contributed by atoms with Crippen LogP contribution in [-0.4, -0.2) is 37.9 Å². The molecule has 18 heavy (non-hydrogen) atoms. The molecule has 2 saturated carbocycles. The first-order chi connectivity index (χ1) is 8.73. The molecule has 4 nitrogen and oxygen atoms in total. The fourth-order valence-electron chi connectivity index (χ4n) is 2.88. The highest BCUT2D eigenvalue weighted by Gasteiger charge is 2.49. The SMILES string of the molecule is CCOC(=O)C1(NCC2CC2)CCCCC1OC. The molecule has 4 heteroatoms. The molecule has 0 aromatic carbocycles. The molecule has 1 N–H and O–H groups in total. The maximum Gasteiger partial charge on any atom is 0.329 e. The van der Waals surface area contributed by atoms with E-state index >= 15 is 0 Å². The zero-order valence-corrected chi connectivity index (χ0v) is 11.5. The van der Waals surface area contributed by atoms with Crippen LogP contribution in [0.2, 0.25) is 0 Å². The summed E-state index contributed by atoms with van der Waals surface area (Å²) in [6.45, 7) is 3.21. The highest BCUT2D eigenvalue weighted by molar-refractivity contribution is 5.82. The first kappa shape index (κ1) is 13.8. The van der Waals surface area contributed by atoms with Crippen LogP contribution in [0.25, 0.3) is 0 Å². The Morgan fingerprint density at radius 2 is 2.11 bits per heavy atom. The maximum atomic E-state index is 12.4. The van der Waals surface area contributed by atoms with Gasteiger partial charge in [0.15, 0.2) is 0 Å². The highest BCUT2D eigenvalue weighted by atomic mass is 16.5. The lowest BCUT2D eigenvalue weighted by Crippen LogP contribution is -2.63. The minimum absolute atomic E-state index is 0.0518. The monoisotopic (exact) mass is 255 g/mol. The van der Waals surface area contributed by atoms with Crippen LogP contribution in [0.4, 0.5) is 0 Å². The van der Waals surface area contributed by atoms with E-state index in [-0.39, 0.29) is 12.1 Å². The molecule has 2 unspecified atom stereocenters. The lowest BCUT2D eigenvalue weighted by atomic mass is 9.78. The smallest absolute Gasteiger partial charge is 0.329 e. The molecular weight excluding hydrogens is 230 g/mol. The van der Waals surface area contributed by atoms with Crippen LogP contribution in [0.15, 0.2) is 0 Å². The van der Waals surface area contributed by atoms with Gasteiger partial charge in [-0.3, -0.25) is 5.32 Å². The number of hydrogen-bond donors (Lipinski definition) is 1. The van der Waals surface area contributed by atoms with Gasteiger partial charge in [0, 0.05) is 7.11 Å². The van der Waals surface area contributed by atoms with E-state index in [0.29, 0.717) is 6.61 Å².